The fourth-order valence-corrected chi connectivity index (χ4v) is 3.42. The van der Waals surface area contributed by atoms with Crippen molar-refractivity contribution in [2.75, 3.05) is 0 Å². The Morgan fingerprint density at radius 2 is 1.97 bits per heavy atom. The zero-order chi connectivity index (χ0) is 22.3. The molecule has 0 N–H and O–H groups in total. The Morgan fingerprint density at radius 1 is 1.23 bits per heavy atom. The number of alkyl halides is 3. The van der Waals surface area contributed by atoms with Gasteiger partial charge in [0.1, 0.15) is 18.7 Å². The molecule has 0 fully saturated rings. The number of hydrogen-bond donors (Lipinski definition) is 0. The van der Waals surface area contributed by atoms with E-state index in [1.165, 1.54) is 12.1 Å². The number of benzene rings is 2. The number of fused-ring (bicyclic) bond motifs is 2. The maximum atomic E-state index is 13.4. The summed E-state index contributed by atoms with van der Waals surface area (Å²) in [5.74, 6) is -2.12. The topological polar surface area (TPSA) is 74.3 Å². The number of imidazole rings is 1. The van der Waals surface area contributed by atoms with Crippen LogP contribution in [0.25, 0.3) is 22.0 Å². The molecule has 0 radical (unpaired) electrons. The number of rotatable bonds is 4. The number of esters is 1. The highest BCUT2D eigenvalue weighted by molar-refractivity contribution is 6.32. The van der Waals surface area contributed by atoms with Crippen LogP contribution in [0.4, 0.5) is 13.2 Å². The largest absolute Gasteiger partial charge is 0.459 e. The Hall–Kier alpha value is -3.33. The van der Waals surface area contributed by atoms with Crippen molar-refractivity contribution in [2.24, 2.45) is 0 Å². The van der Waals surface area contributed by atoms with Gasteiger partial charge in [-0.15, -0.1) is 0 Å². The molecule has 0 unspecified atom stereocenters. The Labute approximate surface area is 177 Å². The standard InChI is InChI=1S/C21H14ClF3N2O4/c1-11-6-17-13(8-14(11)22)12(7-18(28)31-17)10-30-19(29)9-27-16-5-3-2-4-15(16)26-20(27)21(23,24)25/h2-8H,9-10H2,1H3. The lowest BCUT2D eigenvalue weighted by Crippen LogP contribution is -2.20. The van der Waals surface area contributed by atoms with Gasteiger partial charge in [-0.2, -0.15) is 13.2 Å². The number of ether oxygens (including phenoxy) is 1. The molecule has 2 aromatic heterocycles. The molecule has 4 aromatic rings. The smallest absolute Gasteiger partial charge is 0.449 e. The van der Waals surface area contributed by atoms with Crippen LogP contribution in [0.3, 0.4) is 0 Å². The molecule has 160 valence electrons. The number of carbonyl (C=O) groups is 1. The van der Waals surface area contributed by atoms with Gasteiger partial charge in [-0.05, 0) is 36.8 Å². The van der Waals surface area contributed by atoms with E-state index in [2.05, 4.69) is 4.98 Å². The van der Waals surface area contributed by atoms with Crippen LogP contribution in [0, 0.1) is 6.92 Å². The van der Waals surface area contributed by atoms with E-state index in [9.17, 15) is 22.8 Å². The van der Waals surface area contributed by atoms with Gasteiger partial charge in [0, 0.05) is 22.0 Å². The van der Waals surface area contributed by atoms with Crippen molar-refractivity contribution >= 4 is 39.6 Å². The highest BCUT2D eigenvalue weighted by Gasteiger charge is 2.38. The molecule has 0 amide bonds. The van der Waals surface area contributed by atoms with Gasteiger partial charge in [-0.3, -0.25) is 4.79 Å². The Morgan fingerprint density at radius 3 is 2.71 bits per heavy atom. The van der Waals surface area contributed by atoms with Gasteiger partial charge >= 0.3 is 17.8 Å². The predicted octanol–water partition coefficient (Wildman–Crippen LogP) is 4.87. The first-order chi connectivity index (χ1) is 14.6. The first-order valence-corrected chi connectivity index (χ1v) is 9.42. The maximum Gasteiger partial charge on any atom is 0.449 e. The van der Waals surface area contributed by atoms with Gasteiger partial charge in [-0.25, -0.2) is 9.78 Å². The van der Waals surface area contributed by atoms with Crippen molar-refractivity contribution in [3.8, 4) is 0 Å². The number of carbonyl (C=O) groups excluding carboxylic acids is 1. The molecule has 6 nitrogen and oxygen atoms in total. The minimum Gasteiger partial charge on any atom is -0.459 e. The molecule has 0 spiro atoms. The first-order valence-electron chi connectivity index (χ1n) is 9.04. The SMILES string of the molecule is Cc1cc2oc(=O)cc(COC(=O)Cn3c(C(F)(F)F)nc4ccccc43)c2cc1Cl. The van der Waals surface area contributed by atoms with Crippen molar-refractivity contribution in [3.63, 3.8) is 0 Å². The average molecular weight is 451 g/mol. The van der Waals surface area contributed by atoms with Gasteiger partial charge in [0.05, 0.1) is 11.0 Å². The summed E-state index contributed by atoms with van der Waals surface area (Å²) in [6, 6.07) is 10.3. The van der Waals surface area contributed by atoms with Crippen LogP contribution >= 0.6 is 11.6 Å². The van der Waals surface area contributed by atoms with Gasteiger partial charge in [-0.1, -0.05) is 23.7 Å². The molecule has 10 heteroatoms. The number of halogens is 4. The summed E-state index contributed by atoms with van der Waals surface area (Å²) >= 11 is 6.13. The van der Waals surface area contributed by atoms with E-state index in [-0.39, 0.29) is 23.2 Å². The van der Waals surface area contributed by atoms with E-state index in [0.717, 1.165) is 10.6 Å². The lowest BCUT2D eigenvalue weighted by molar-refractivity contribution is -0.151. The summed E-state index contributed by atoms with van der Waals surface area (Å²) in [4.78, 5) is 27.8. The average Bonchev–Trinajstić information content (AvgIpc) is 3.06. The molecular weight excluding hydrogens is 437 g/mol. The van der Waals surface area contributed by atoms with E-state index in [1.54, 1.807) is 31.2 Å². The molecule has 0 bridgehead atoms. The second-order valence-electron chi connectivity index (χ2n) is 6.86. The van der Waals surface area contributed by atoms with Crippen LogP contribution in [-0.4, -0.2) is 15.5 Å². The number of aryl methyl sites for hydroxylation is 1. The third kappa shape index (κ3) is 4.13. The summed E-state index contributed by atoms with van der Waals surface area (Å²) < 4.78 is 51.2. The van der Waals surface area contributed by atoms with E-state index in [1.807, 2.05) is 0 Å². The zero-order valence-electron chi connectivity index (χ0n) is 16.0. The maximum absolute atomic E-state index is 13.4. The van der Waals surface area contributed by atoms with E-state index < -0.39 is 30.1 Å². The lowest BCUT2D eigenvalue weighted by Gasteiger charge is -2.12. The van der Waals surface area contributed by atoms with Crippen molar-refractivity contribution in [1.82, 2.24) is 9.55 Å². The van der Waals surface area contributed by atoms with Gasteiger partial charge in [0.2, 0.25) is 5.82 Å². The zero-order valence-corrected chi connectivity index (χ0v) is 16.8. The number of para-hydroxylation sites is 2. The summed E-state index contributed by atoms with van der Waals surface area (Å²) in [5, 5.41) is 0.890. The molecule has 0 atom stereocenters. The van der Waals surface area contributed by atoms with Crippen LogP contribution in [0.1, 0.15) is 17.0 Å². The van der Waals surface area contributed by atoms with Gasteiger partial charge in [0.25, 0.3) is 0 Å². The van der Waals surface area contributed by atoms with Crippen LogP contribution in [-0.2, 0) is 28.9 Å². The molecule has 2 heterocycles. The van der Waals surface area contributed by atoms with E-state index in [0.29, 0.717) is 21.5 Å². The Bertz CT molecular complexity index is 1380. The molecule has 31 heavy (non-hydrogen) atoms. The van der Waals surface area contributed by atoms with Crippen molar-refractivity contribution in [3.05, 3.63) is 74.9 Å². The minimum atomic E-state index is -4.75. The summed E-state index contributed by atoms with van der Waals surface area (Å²) in [6.45, 7) is 0.699. The van der Waals surface area contributed by atoms with Gasteiger partial charge in [0.15, 0.2) is 0 Å². The Balaban J connectivity index is 1.62. The highest BCUT2D eigenvalue weighted by Crippen LogP contribution is 2.31. The van der Waals surface area contributed by atoms with Crippen LogP contribution in [0.5, 0.6) is 0 Å². The number of aromatic nitrogens is 2. The van der Waals surface area contributed by atoms with Crippen molar-refractivity contribution < 1.29 is 27.1 Å². The second-order valence-corrected chi connectivity index (χ2v) is 7.26. The number of nitrogens with zero attached hydrogens (tertiary/aromatic N) is 2. The molecular formula is C21H14ClF3N2O4. The fourth-order valence-electron chi connectivity index (χ4n) is 3.25. The third-order valence-electron chi connectivity index (χ3n) is 4.69. The predicted molar refractivity (Wildman–Crippen MR) is 107 cm³/mol. The monoisotopic (exact) mass is 450 g/mol. The lowest BCUT2D eigenvalue weighted by atomic mass is 10.1. The molecule has 0 saturated carbocycles. The van der Waals surface area contributed by atoms with Crippen molar-refractivity contribution in [1.29, 1.82) is 0 Å². The molecule has 0 aliphatic rings. The number of hydrogen-bond acceptors (Lipinski definition) is 5. The minimum absolute atomic E-state index is 0.110. The molecule has 0 saturated heterocycles. The quantitative estimate of drug-likeness (QED) is 0.328. The molecule has 4 rings (SSSR count). The van der Waals surface area contributed by atoms with E-state index >= 15 is 0 Å². The van der Waals surface area contributed by atoms with Crippen LogP contribution in [0.2, 0.25) is 5.02 Å². The highest BCUT2D eigenvalue weighted by atomic mass is 35.5. The van der Waals surface area contributed by atoms with Crippen LogP contribution < -0.4 is 5.63 Å². The molecule has 0 aliphatic carbocycles. The molecule has 0 aliphatic heterocycles. The normalized spacial score (nSPS) is 11.9. The third-order valence-corrected chi connectivity index (χ3v) is 5.10. The summed E-state index contributed by atoms with van der Waals surface area (Å²) in [5.41, 5.74) is 0.894. The fraction of sp³-hybridized carbons (Fsp3) is 0.190. The van der Waals surface area contributed by atoms with Gasteiger partial charge < -0.3 is 13.7 Å². The second kappa shape index (κ2) is 7.73. The Kier molecular flexibility index (Phi) is 5.22. The van der Waals surface area contributed by atoms with E-state index in [4.69, 9.17) is 20.8 Å². The summed E-state index contributed by atoms with van der Waals surface area (Å²) in [7, 11) is 0. The summed E-state index contributed by atoms with van der Waals surface area (Å²) in [6.07, 6.45) is -4.75. The molecule has 2 aromatic carbocycles. The van der Waals surface area contributed by atoms with Crippen molar-refractivity contribution in [2.45, 2.75) is 26.3 Å². The first kappa shape index (κ1) is 20.9. The van der Waals surface area contributed by atoms with Crippen LogP contribution in [0.15, 0.2) is 51.7 Å².